The van der Waals surface area contributed by atoms with Crippen molar-refractivity contribution in [2.45, 2.75) is 44.9 Å². The third-order valence-electron chi connectivity index (χ3n) is 9.84. The predicted molar refractivity (Wildman–Crippen MR) is 188 cm³/mol. The molecular weight excluding hydrogens is 544 g/mol. The average Bonchev–Trinajstić information content (AvgIpc) is 3.08. The van der Waals surface area contributed by atoms with E-state index in [0.29, 0.717) is 0 Å². The summed E-state index contributed by atoms with van der Waals surface area (Å²) in [7, 11) is 0. The lowest BCUT2D eigenvalue weighted by Gasteiger charge is -2.37. The van der Waals surface area contributed by atoms with Crippen LogP contribution in [0.2, 0.25) is 0 Å². The van der Waals surface area contributed by atoms with Crippen LogP contribution in [0.15, 0.2) is 134 Å². The zero-order chi connectivity index (χ0) is 30.8. The molecule has 0 amide bonds. The van der Waals surface area contributed by atoms with Crippen LogP contribution in [0.25, 0.3) is 49.6 Å². The minimum atomic E-state index is -0.212. The smallest absolute Gasteiger partial charge is 0.0701 e. The zero-order valence-electron chi connectivity index (χ0n) is 26.3. The fraction of sp³-hybridized carbons (Fsp3) is 0.163. The molecule has 8 rings (SSSR count). The lowest BCUT2D eigenvalue weighted by Crippen LogP contribution is -2.32. The van der Waals surface area contributed by atoms with Gasteiger partial charge in [-0.15, -0.1) is 0 Å². The van der Waals surface area contributed by atoms with Gasteiger partial charge >= 0.3 is 0 Å². The molecule has 45 heavy (non-hydrogen) atoms. The van der Waals surface area contributed by atoms with Crippen molar-refractivity contribution < 1.29 is 0 Å². The quantitative estimate of drug-likeness (QED) is 0.207. The molecule has 0 radical (unpaired) electrons. The Morgan fingerprint density at radius 3 is 1.69 bits per heavy atom. The van der Waals surface area contributed by atoms with Gasteiger partial charge in [-0.1, -0.05) is 125 Å². The van der Waals surface area contributed by atoms with E-state index in [1.54, 1.807) is 0 Å². The first-order chi connectivity index (χ1) is 21.8. The third-order valence-corrected chi connectivity index (χ3v) is 9.84. The van der Waals surface area contributed by atoms with Gasteiger partial charge in [-0.05, 0) is 90.7 Å². The second-order valence-electron chi connectivity index (χ2n) is 13.7. The van der Waals surface area contributed by atoms with Crippen molar-refractivity contribution in [3.05, 3.63) is 161 Å². The lowest BCUT2D eigenvalue weighted by atomic mass is 9.65. The molecule has 5 aromatic carbocycles. The van der Waals surface area contributed by atoms with Crippen LogP contribution in [-0.2, 0) is 10.8 Å². The summed E-state index contributed by atoms with van der Waals surface area (Å²) in [5.41, 5.74) is 10.9. The summed E-state index contributed by atoms with van der Waals surface area (Å²) in [4.78, 5) is 9.17. The summed E-state index contributed by atoms with van der Waals surface area (Å²) in [5.74, 6) is 0. The van der Waals surface area contributed by atoms with Crippen molar-refractivity contribution >= 4 is 27.1 Å². The molecule has 0 saturated heterocycles. The van der Waals surface area contributed by atoms with Gasteiger partial charge in [0, 0.05) is 28.9 Å². The molecule has 1 unspecified atom stereocenters. The highest BCUT2D eigenvalue weighted by atomic mass is 14.7. The van der Waals surface area contributed by atoms with E-state index in [1.807, 2.05) is 36.7 Å². The Morgan fingerprint density at radius 2 is 1.13 bits per heavy atom. The van der Waals surface area contributed by atoms with Gasteiger partial charge in [-0.3, -0.25) is 9.97 Å². The number of benzene rings is 5. The molecule has 7 aromatic rings. The van der Waals surface area contributed by atoms with E-state index in [1.165, 1.54) is 54.6 Å². The summed E-state index contributed by atoms with van der Waals surface area (Å²) in [6, 6.07) is 44.6. The molecule has 0 spiro atoms. The first kappa shape index (κ1) is 27.5. The molecule has 218 valence electrons. The molecule has 2 heteroatoms. The average molecular weight is 581 g/mol. The Balaban J connectivity index is 1.36. The molecule has 0 saturated carbocycles. The number of hydrogen-bond donors (Lipinski definition) is 0. The van der Waals surface area contributed by atoms with Gasteiger partial charge in [-0.2, -0.15) is 0 Å². The van der Waals surface area contributed by atoms with Gasteiger partial charge in [0.05, 0.1) is 11.4 Å². The third kappa shape index (κ3) is 4.56. The van der Waals surface area contributed by atoms with Crippen LogP contribution in [-0.4, -0.2) is 9.97 Å². The number of pyridine rings is 2. The number of aromatic nitrogens is 2. The largest absolute Gasteiger partial charge is 0.256 e. The van der Waals surface area contributed by atoms with E-state index < -0.39 is 0 Å². The fourth-order valence-corrected chi connectivity index (χ4v) is 7.29. The topological polar surface area (TPSA) is 25.8 Å². The molecule has 1 atom stereocenters. The highest BCUT2D eigenvalue weighted by molar-refractivity contribution is 6.13. The van der Waals surface area contributed by atoms with Gasteiger partial charge in [-0.25, -0.2) is 0 Å². The van der Waals surface area contributed by atoms with Crippen molar-refractivity contribution in [2.75, 3.05) is 0 Å². The van der Waals surface area contributed by atoms with Crippen molar-refractivity contribution in [1.82, 2.24) is 9.97 Å². The van der Waals surface area contributed by atoms with Crippen LogP contribution in [0.3, 0.4) is 0 Å². The van der Waals surface area contributed by atoms with Crippen LogP contribution in [0, 0.1) is 0 Å². The highest BCUT2D eigenvalue weighted by Gasteiger charge is 2.36. The minimum Gasteiger partial charge on any atom is -0.256 e. The predicted octanol–water partition coefficient (Wildman–Crippen LogP) is 10.0. The van der Waals surface area contributed by atoms with Gasteiger partial charge in [0.25, 0.3) is 0 Å². The highest BCUT2D eigenvalue weighted by Crippen LogP contribution is 2.47. The first-order valence-electron chi connectivity index (χ1n) is 15.9. The Labute approximate surface area is 265 Å². The molecule has 2 heterocycles. The lowest BCUT2D eigenvalue weighted by molar-refractivity contribution is 0.587. The van der Waals surface area contributed by atoms with Crippen molar-refractivity contribution in [1.29, 1.82) is 0 Å². The van der Waals surface area contributed by atoms with E-state index in [9.17, 15) is 0 Å². The van der Waals surface area contributed by atoms with Gasteiger partial charge in [0.15, 0.2) is 0 Å². The number of rotatable bonds is 4. The van der Waals surface area contributed by atoms with Crippen molar-refractivity contribution in [2.24, 2.45) is 0 Å². The summed E-state index contributed by atoms with van der Waals surface area (Å²) >= 11 is 0. The Morgan fingerprint density at radius 1 is 0.578 bits per heavy atom. The van der Waals surface area contributed by atoms with Crippen LogP contribution in [0.5, 0.6) is 0 Å². The maximum Gasteiger partial charge on any atom is 0.0701 e. The van der Waals surface area contributed by atoms with E-state index >= 15 is 0 Å². The van der Waals surface area contributed by atoms with Crippen molar-refractivity contribution in [3.8, 4) is 22.5 Å². The monoisotopic (exact) mass is 580 g/mol. The molecule has 0 fully saturated rings. The van der Waals surface area contributed by atoms with E-state index in [0.717, 1.165) is 28.9 Å². The second-order valence-corrected chi connectivity index (χ2v) is 13.7. The SMILES string of the molecule is CC(C)(C)c1cc2ccc3c4c(ccc(c1)c24)=C(c1ccc(-c2ccccn2)cc1)CC3(C)c1ccc(-c2ccccn2)cc1. The zero-order valence-corrected chi connectivity index (χ0v) is 26.3. The minimum absolute atomic E-state index is 0.0783. The fourth-order valence-electron chi connectivity index (χ4n) is 7.29. The Bertz CT molecular complexity index is 2220. The van der Waals surface area contributed by atoms with Gasteiger partial charge in [0.2, 0.25) is 0 Å². The molecule has 1 aliphatic rings. The molecule has 2 aromatic heterocycles. The Kier molecular flexibility index (Phi) is 6.25. The number of nitrogens with zero attached hydrogens (tertiary/aromatic N) is 2. The standard InChI is InChI=1S/C43H36N2/c1-42(2,3)34-25-31-17-21-35-36(28-11-13-29(14-12-28)38-9-5-7-23-44-38)27-43(4,37-22-18-32(26-34)40(31)41(35)37)33-19-15-30(16-20-33)39-10-6-8-24-45-39/h5-26H,27H2,1-4H3. The molecule has 1 aliphatic carbocycles. The molecule has 0 bridgehead atoms. The molecule has 0 aliphatic heterocycles. The molecule has 2 nitrogen and oxygen atoms in total. The van der Waals surface area contributed by atoms with Gasteiger partial charge in [0.1, 0.15) is 0 Å². The van der Waals surface area contributed by atoms with Crippen LogP contribution < -0.4 is 5.22 Å². The molecular formula is C43H36N2. The molecule has 0 N–H and O–H groups in total. The van der Waals surface area contributed by atoms with Crippen molar-refractivity contribution in [3.63, 3.8) is 0 Å². The van der Waals surface area contributed by atoms with Crippen LogP contribution in [0.1, 0.15) is 56.4 Å². The summed E-state index contributed by atoms with van der Waals surface area (Å²) in [6.07, 6.45) is 4.63. The van der Waals surface area contributed by atoms with Gasteiger partial charge < -0.3 is 0 Å². The van der Waals surface area contributed by atoms with E-state index in [2.05, 4.69) is 135 Å². The van der Waals surface area contributed by atoms with Crippen LogP contribution in [0.4, 0.5) is 0 Å². The number of hydrogen-bond acceptors (Lipinski definition) is 2. The second kappa shape index (κ2) is 10.2. The Hall–Kier alpha value is -5.08. The summed E-state index contributed by atoms with van der Waals surface area (Å²) in [6.45, 7) is 9.34. The first-order valence-corrected chi connectivity index (χ1v) is 15.9. The summed E-state index contributed by atoms with van der Waals surface area (Å²) in [5, 5.41) is 6.74. The van der Waals surface area contributed by atoms with E-state index in [4.69, 9.17) is 0 Å². The van der Waals surface area contributed by atoms with Crippen LogP contribution >= 0.6 is 0 Å². The normalized spacial score (nSPS) is 16.4. The summed E-state index contributed by atoms with van der Waals surface area (Å²) < 4.78 is 0. The maximum atomic E-state index is 4.59. The van der Waals surface area contributed by atoms with E-state index in [-0.39, 0.29) is 10.8 Å². The maximum absolute atomic E-state index is 4.59.